The summed E-state index contributed by atoms with van der Waals surface area (Å²) in [6.07, 6.45) is 0.903. The summed E-state index contributed by atoms with van der Waals surface area (Å²) in [6, 6.07) is 12.5. The van der Waals surface area contributed by atoms with Gasteiger partial charge in [-0.3, -0.25) is 14.4 Å². The first-order valence-electron chi connectivity index (χ1n) is 9.53. The molecular formula is C22H23FN2O4. The SMILES string of the molecule is CC(C(=O)Nc1ccc(C(=O)N2CCC(C(=O)O)CC2)cc1)c1cccc(F)c1. The summed E-state index contributed by atoms with van der Waals surface area (Å²) >= 11 is 0. The van der Waals surface area contributed by atoms with E-state index in [1.807, 2.05) is 0 Å². The number of benzene rings is 2. The van der Waals surface area contributed by atoms with Gasteiger partial charge in [-0.05, 0) is 61.7 Å². The average molecular weight is 398 g/mol. The normalized spacial score (nSPS) is 15.6. The molecule has 1 aliphatic rings. The minimum Gasteiger partial charge on any atom is -0.481 e. The van der Waals surface area contributed by atoms with E-state index in [4.69, 9.17) is 5.11 Å². The molecule has 29 heavy (non-hydrogen) atoms. The number of likely N-dealkylation sites (tertiary alicyclic amines) is 1. The molecule has 0 aromatic heterocycles. The van der Waals surface area contributed by atoms with Gasteiger partial charge in [-0.1, -0.05) is 12.1 Å². The van der Waals surface area contributed by atoms with Crippen LogP contribution in [-0.4, -0.2) is 40.9 Å². The largest absolute Gasteiger partial charge is 0.481 e. The van der Waals surface area contributed by atoms with Gasteiger partial charge in [0.05, 0.1) is 11.8 Å². The average Bonchev–Trinajstić information content (AvgIpc) is 2.73. The molecule has 6 nitrogen and oxygen atoms in total. The molecule has 1 saturated heterocycles. The summed E-state index contributed by atoms with van der Waals surface area (Å²) in [5.41, 5.74) is 1.61. The van der Waals surface area contributed by atoms with E-state index in [9.17, 15) is 18.8 Å². The number of carbonyl (C=O) groups excluding carboxylic acids is 2. The van der Waals surface area contributed by atoms with Crippen LogP contribution in [0.15, 0.2) is 48.5 Å². The Bertz CT molecular complexity index is 905. The Morgan fingerprint density at radius 1 is 1.10 bits per heavy atom. The van der Waals surface area contributed by atoms with Gasteiger partial charge < -0.3 is 15.3 Å². The number of amides is 2. The number of carbonyl (C=O) groups is 3. The highest BCUT2D eigenvalue weighted by Crippen LogP contribution is 2.21. The number of hydrogen-bond acceptors (Lipinski definition) is 3. The minimum atomic E-state index is -0.815. The van der Waals surface area contributed by atoms with Crippen molar-refractivity contribution in [2.45, 2.75) is 25.7 Å². The van der Waals surface area contributed by atoms with E-state index >= 15 is 0 Å². The molecule has 2 aromatic carbocycles. The third-order valence-corrected chi connectivity index (χ3v) is 5.27. The molecule has 2 N–H and O–H groups in total. The molecule has 0 bridgehead atoms. The predicted molar refractivity (Wildman–Crippen MR) is 106 cm³/mol. The van der Waals surface area contributed by atoms with E-state index in [1.165, 1.54) is 12.1 Å². The Morgan fingerprint density at radius 2 is 1.76 bits per heavy atom. The van der Waals surface area contributed by atoms with Crippen molar-refractivity contribution in [2.75, 3.05) is 18.4 Å². The highest BCUT2D eigenvalue weighted by atomic mass is 19.1. The molecule has 1 fully saturated rings. The van der Waals surface area contributed by atoms with Gasteiger partial charge >= 0.3 is 5.97 Å². The van der Waals surface area contributed by atoms with E-state index in [0.717, 1.165) is 0 Å². The van der Waals surface area contributed by atoms with E-state index in [2.05, 4.69) is 5.32 Å². The molecule has 2 amide bonds. The fourth-order valence-electron chi connectivity index (χ4n) is 3.39. The first kappa shape index (κ1) is 20.5. The number of rotatable bonds is 5. The van der Waals surface area contributed by atoms with Crippen LogP contribution in [-0.2, 0) is 9.59 Å². The van der Waals surface area contributed by atoms with Crippen molar-refractivity contribution in [1.82, 2.24) is 4.90 Å². The lowest BCUT2D eigenvalue weighted by Crippen LogP contribution is -2.40. The highest BCUT2D eigenvalue weighted by molar-refractivity contribution is 5.97. The smallest absolute Gasteiger partial charge is 0.306 e. The zero-order valence-electron chi connectivity index (χ0n) is 16.1. The summed E-state index contributed by atoms with van der Waals surface area (Å²) in [5, 5.41) is 11.8. The van der Waals surface area contributed by atoms with E-state index in [1.54, 1.807) is 48.2 Å². The molecule has 7 heteroatoms. The number of carboxylic acids is 1. The van der Waals surface area contributed by atoms with Crippen LogP contribution in [0, 0.1) is 11.7 Å². The molecule has 1 aliphatic heterocycles. The van der Waals surface area contributed by atoms with E-state index in [-0.39, 0.29) is 11.8 Å². The summed E-state index contributed by atoms with van der Waals surface area (Å²) in [7, 11) is 0. The molecule has 1 unspecified atom stereocenters. The van der Waals surface area contributed by atoms with Gasteiger partial charge in [0.15, 0.2) is 0 Å². The number of nitrogens with zero attached hydrogens (tertiary/aromatic N) is 1. The van der Waals surface area contributed by atoms with Crippen LogP contribution in [0.5, 0.6) is 0 Å². The van der Waals surface area contributed by atoms with Crippen LogP contribution in [0.3, 0.4) is 0 Å². The number of piperidine rings is 1. The number of carboxylic acid groups (broad SMARTS) is 1. The molecule has 0 spiro atoms. The fraction of sp³-hybridized carbons (Fsp3) is 0.318. The van der Waals surface area contributed by atoms with Gasteiger partial charge in [-0.2, -0.15) is 0 Å². The first-order valence-corrected chi connectivity index (χ1v) is 9.53. The van der Waals surface area contributed by atoms with Gasteiger partial charge in [0, 0.05) is 24.3 Å². The van der Waals surface area contributed by atoms with Crippen molar-refractivity contribution in [3.05, 3.63) is 65.5 Å². The Labute approximate surface area is 168 Å². The van der Waals surface area contributed by atoms with Gasteiger partial charge in [0.1, 0.15) is 5.82 Å². The predicted octanol–water partition coefficient (Wildman–Crippen LogP) is 3.50. The highest BCUT2D eigenvalue weighted by Gasteiger charge is 2.27. The molecule has 152 valence electrons. The molecule has 0 saturated carbocycles. The number of halogens is 1. The van der Waals surface area contributed by atoms with Crippen LogP contribution < -0.4 is 5.32 Å². The van der Waals surface area contributed by atoms with Crippen molar-refractivity contribution >= 4 is 23.5 Å². The second kappa shape index (κ2) is 8.86. The Kier molecular flexibility index (Phi) is 6.26. The monoisotopic (exact) mass is 398 g/mol. The van der Waals surface area contributed by atoms with Crippen LogP contribution in [0.4, 0.5) is 10.1 Å². The van der Waals surface area contributed by atoms with Gasteiger partial charge in [-0.25, -0.2) is 4.39 Å². The van der Waals surface area contributed by atoms with Crippen LogP contribution in [0.25, 0.3) is 0 Å². The summed E-state index contributed by atoms with van der Waals surface area (Å²) in [5.74, 6) is -2.55. The molecule has 1 heterocycles. The van der Waals surface area contributed by atoms with Crippen molar-refractivity contribution in [2.24, 2.45) is 5.92 Å². The van der Waals surface area contributed by atoms with Crippen molar-refractivity contribution in [3.8, 4) is 0 Å². The summed E-state index contributed by atoms with van der Waals surface area (Å²) < 4.78 is 13.4. The van der Waals surface area contributed by atoms with Crippen LogP contribution in [0.2, 0.25) is 0 Å². The quantitative estimate of drug-likeness (QED) is 0.807. The zero-order chi connectivity index (χ0) is 21.0. The van der Waals surface area contributed by atoms with Crippen molar-refractivity contribution in [1.29, 1.82) is 0 Å². The maximum absolute atomic E-state index is 13.4. The second-order valence-electron chi connectivity index (χ2n) is 7.25. The minimum absolute atomic E-state index is 0.153. The van der Waals surface area contributed by atoms with Gasteiger partial charge in [0.2, 0.25) is 5.91 Å². The topological polar surface area (TPSA) is 86.7 Å². The maximum atomic E-state index is 13.4. The molecular weight excluding hydrogens is 375 g/mol. The Hall–Kier alpha value is -3.22. The maximum Gasteiger partial charge on any atom is 0.306 e. The van der Waals surface area contributed by atoms with E-state index in [0.29, 0.717) is 42.7 Å². The Morgan fingerprint density at radius 3 is 2.34 bits per heavy atom. The molecule has 0 aliphatic carbocycles. The molecule has 2 aromatic rings. The number of anilines is 1. The first-order chi connectivity index (χ1) is 13.8. The van der Waals surface area contributed by atoms with E-state index < -0.39 is 23.6 Å². The molecule has 3 rings (SSSR count). The zero-order valence-corrected chi connectivity index (χ0v) is 16.1. The third kappa shape index (κ3) is 4.99. The fourth-order valence-corrected chi connectivity index (χ4v) is 3.39. The lowest BCUT2D eigenvalue weighted by atomic mass is 9.96. The molecule has 0 radical (unpaired) electrons. The second-order valence-corrected chi connectivity index (χ2v) is 7.25. The Balaban J connectivity index is 1.59. The lowest BCUT2D eigenvalue weighted by Gasteiger charge is -2.30. The summed E-state index contributed by atoms with van der Waals surface area (Å²) in [4.78, 5) is 37.7. The number of aliphatic carboxylic acids is 1. The van der Waals surface area contributed by atoms with Gasteiger partial charge in [-0.15, -0.1) is 0 Å². The number of nitrogens with one attached hydrogen (secondary N) is 1. The van der Waals surface area contributed by atoms with Crippen molar-refractivity contribution in [3.63, 3.8) is 0 Å². The molecule has 1 atom stereocenters. The van der Waals surface area contributed by atoms with Gasteiger partial charge in [0.25, 0.3) is 5.91 Å². The van der Waals surface area contributed by atoms with Crippen LogP contribution in [0.1, 0.15) is 41.6 Å². The third-order valence-electron chi connectivity index (χ3n) is 5.27. The standard InChI is InChI=1S/C22H23FN2O4/c1-14(17-3-2-4-18(23)13-17)20(26)24-19-7-5-15(6-8-19)21(27)25-11-9-16(10-12-25)22(28)29/h2-8,13-14,16H,9-12H2,1H3,(H,24,26)(H,28,29). The lowest BCUT2D eigenvalue weighted by molar-refractivity contribution is -0.143. The van der Waals surface area contributed by atoms with Crippen LogP contribution >= 0.6 is 0 Å². The van der Waals surface area contributed by atoms with Crippen molar-refractivity contribution < 1.29 is 23.9 Å². The number of hydrogen-bond donors (Lipinski definition) is 2. The summed E-state index contributed by atoms with van der Waals surface area (Å²) in [6.45, 7) is 2.53.